The van der Waals surface area contributed by atoms with E-state index in [1.54, 1.807) is 0 Å². The van der Waals surface area contributed by atoms with Gasteiger partial charge < -0.3 is 14.7 Å². The molecule has 0 aliphatic heterocycles. The topological polar surface area (TPSA) is 150 Å². The molecule has 0 heterocycles. The zero-order valence-electron chi connectivity index (χ0n) is 19.6. The second-order valence-electron chi connectivity index (χ2n) is 7.39. The molecule has 3 rings (SSSR count). The summed E-state index contributed by atoms with van der Waals surface area (Å²) < 4.78 is 38.3. The van der Waals surface area contributed by atoms with E-state index in [2.05, 4.69) is 121 Å². The summed E-state index contributed by atoms with van der Waals surface area (Å²) >= 11 is -4.03. The predicted octanol–water partition coefficient (Wildman–Crippen LogP) is 2.53. The summed E-state index contributed by atoms with van der Waals surface area (Å²) in [6, 6.07) is 19.4. The Hall–Kier alpha value is -2.55. The van der Waals surface area contributed by atoms with E-state index in [-0.39, 0.29) is 0 Å². The number of nitrogens with zero attached hydrogens (tertiary/aromatic N) is 2. The molecule has 0 saturated heterocycles. The third-order valence-corrected chi connectivity index (χ3v) is 4.72. The molecule has 1 unspecified atom stereocenters. The number of allylic oxidation sites excluding steroid dienone is 5. The molecule has 189 valence electrons. The van der Waals surface area contributed by atoms with Crippen LogP contribution in [0.2, 0.25) is 0 Å². The van der Waals surface area contributed by atoms with Crippen LogP contribution in [-0.2, 0) is 33.7 Å². The van der Waals surface area contributed by atoms with Crippen molar-refractivity contribution in [1.29, 1.82) is 0 Å². The zero-order valence-corrected chi connectivity index (χ0v) is 23.5. The molecule has 0 amide bonds. The molecular weight excluding hydrogens is 647 g/mol. The molecule has 2 aromatic rings. The van der Waals surface area contributed by atoms with Gasteiger partial charge in [-0.25, -0.2) is 9.83 Å². The van der Waals surface area contributed by atoms with Crippen molar-refractivity contribution >= 4 is 24.8 Å². The van der Waals surface area contributed by atoms with Crippen molar-refractivity contribution in [1.82, 2.24) is 0 Å². The van der Waals surface area contributed by atoms with Crippen LogP contribution in [0.5, 0.6) is 0 Å². The van der Waals surface area contributed by atoms with Gasteiger partial charge in [0, 0.05) is 31.9 Å². The third-order valence-electron chi connectivity index (χ3n) is 4.51. The van der Waals surface area contributed by atoms with Gasteiger partial charge in [0.1, 0.15) is 14.1 Å². The molecule has 0 spiro atoms. The summed E-state index contributed by atoms with van der Waals surface area (Å²) in [5.74, 6) is 0. The van der Waals surface area contributed by atoms with Crippen molar-refractivity contribution in [3.63, 3.8) is 0 Å². The van der Waals surface area contributed by atoms with E-state index in [1.807, 2.05) is 0 Å². The van der Waals surface area contributed by atoms with Gasteiger partial charge in [-0.3, -0.25) is 4.57 Å². The molecule has 3 N–H and O–H groups in total. The molecule has 0 fully saturated rings. The monoisotopic (exact) mass is 675 g/mol. The summed E-state index contributed by atoms with van der Waals surface area (Å²) in [5, 5.41) is 7.08. The van der Waals surface area contributed by atoms with Crippen LogP contribution in [0.25, 0.3) is 5.57 Å². The fourth-order valence-electron chi connectivity index (χ4n) is 2.96. The second kappa shape index (κ2) is 14.8. The van der Waals surface area contributed by atoms with E-state index in [1.165, 1.54) is 33.7 Å². The number of rotatable bonds is 4. The first-order chi connectivity index (χ1) is 16.4. The molecule has 0 aromatic heterocycles. The molecule has 10 nitrogen and oxygen atoms in total. The average Bonchev–Trinajstić information content (AvgIpc) is 2.80. The van der Waals surface area contributed by atoms with Gasteiger partial charge in [-0.15, -0.1) is 0 Å². The summed E-state index contributed by atoms with van der Waals surface area (Å²) in [4.78, 5) is 18.6. The Labute approximate surface area is 210 Å². The molecule has 0 saturated carbocycles. The molecule has 35 heavy (non-hydrogen) atoms. The van der Waals surface area contributed by atoms with E-state index in [0.717, 1.165) is 0 Å². The van der Waals surface area contributed by atoms with Crippen molar-refractivity contribution in [2.24, 2.45) is 0 Å². The Morgan fingerprint density at radius 1 is 0.943 bits per heavy atom. The van der Waals surface area contributed by atoms with E-state index in [4.69, 9.17) is 30.2 Å². The standard InChI is InChI=1S/C23H25N2.H3O5P.H2O.2O.W/c1-24(2)21-14-10-19(11-15-21)23(18-8-6-5-7-9-18)20-12-16-22(17-13-20)25(3)4;1-5-6(2,3)4;;;;/h5-17H,1-4H3;1H,(H2,2,3,4);1H2;;;/q+1;;;;;+1/p-2. The minimum absolute atomic E-state index is 1.21. The van der Waals surface area contributed by atoms with Crippen LogP contribution in [0.15, 0.2) is 84.5 Å². The first-order valence-electron chi connectivity index (χ1n) is 9.99. The Bertz CT molecular complexity index is 1180. The van der Waals surface area contributed by atoms with Crippen LogP contribution in [-0.4, -0.2) is 52.4 Å². The summed E-state index contributed by atoms with van der Waals surface area (Å²) in [5.41, 5.74) is 7.37. The van der Waals surface area contributed by atoms with Crippen molar-refractivity contribution in [3.05, 3.63) is 95.6 Å². The van der Waals surface area contributed by atoms with Crippen molar-refractivity contribution < 1.29 is 57.0 Å². The van der Waals surface area contributed by atoms with Crippen LogP contribution in [0.3, 0.4) is 0 Å². The van der Waals surface area contributed by atoms with Crippen molar-refractivity contribution in [2.75, 3.05) is 33.1 Å². The van der Waals surface area contributed by atoms with Gasteiger partial charge in [0.15, 0.2) is 5.71 Å². The molecule has 0 bridgehead atoms. The van der Waals surface area contributed by atoms with Crippen LogP contribution >= 0.6 is 7.82 Å². The molecule has 1 aliphatic rings. The average molecular weight is 675 g/mol. The minimum atomic E-state index is -4.84. The van der Waals surface area contributed by atoms with Gasteiger partial charge in [-0.1, -0.05) is 42.5 Å². The SMILES string of the molecule is CN(C)c1ccc(C(=C2C=CC(=[N+](C)C)C=C2)c2ccccc2)cc1.O=P([O-])(O)OO.[O]=[W](=[O])[OH]. The predicted molar refractivity (Wildman–Crippen MR) is 126 cm³/mol. The molecule has 12 heteroatoms. The Balaban J connectivity index is 0.000000520. The first-order valence-corrected chi connectivity index (χ1v) is 15.2. The fraction of sp³-hybridized carbons (Fsp3) is 0.174. The van der Waals surface area contributed by atoms with Gasteiger partial charge in [0.2, 0.25) is 0 Å². The van der Waals surface area contributed by atoms with Gasteiger partial charge in [-0.05, 0) is 46.6 Å². The normalized spacial score (nSPS) is 13.5. The molecule has 1 atom stereocenters. The summed E-state index contributed by atoms with van der Waals surface area (Å²) in [6.07, 6.45) is 8.76. The maximum absolute atomic E-state index is 9.11. The van der Waals surface area contributed by atoms with Gasteiger partial charge in [0.25, 0.3) is 7.82 Å². The Morgan fingerprint density at radius 3 is 1.74 bits per heavy atom. The number of phosphoric acid groups is 1. The third kappa shape index (κ3) is 11.6. The quantitative estimate of drug-likeness (QED) is 0.192. The maximum atomic E-state index is 9.11. The van der Waals surface area contributed by atoms with E-state index >= 15 is 0 Å². The van der Waals surface area contributed by atoms with E-state index in [0.29, 0.717) is 0 Å². The second-order valence-corrected chi connectivity index (χ2v) is 10.1. The van der Waals surface area contributed by atoms with Gasteiger partial charge in [0.05, 0.1) is 0 Å². The van der Waals surface area contributed by atoms with E-state index < -0.39 is 25.4 Å². The molecule has 1 aliphatic carbocycles. The van der Waals surface area contributed by atoms with Crippen LogP contribution in [0.1, 0.15) is 11.1 Å². The van der Waals surface area contributed by atoms with Crippen LogP contribution < -0.4 is 9.79 Å². The number of hydrogen-bond acceptors (Lipinski definition) is 7. The summed E-state index contributed by atoms with van der Waals surface area (Å²) in [6.45, 7) is 0. The summed E-state index contributed by atoms with van der Waals surface area (Å²) in [7, 11) is 3.42. The number of hydrogen-bond donors (Lipinski definition) is 3. The van der Waals surface area contributed by atoms with Crippen molar-refractivity contribution in [2.45, 2.75) is 0 Å². The molecule has 0 radical (unpaired) electrons. The number of benzene rings is 2. The fourth-order valence-corrected chi connectivity index (χ4v) is 2.96. The Morgan fingerprint density at radius 2 is 1.37 bits per heavy atom. The van der Waals surface area contributed by atoms with Gasteiger partial charge >= 0.3 is 28.2 Å². The zero-order chi connectivity index (χ0) is 26.6. The van der Waals surface area contributed by atoms with Crippen molar-refractivity contribution in [3.8, 4) is 0 Å². The molecule has 2 aromatic carbocycles. The Kier molecular flexibility index (Phi) is 12.9. The molecular formula is C23H28N2O8PW. The van der Waals surface area contributed by atoms with Crippen LogP contribution in [0, 0.1) is 0 Å². The number of anilines is 1. The first kappa shape index (κ1) is 30.5. The van der Waals surface area contributed by atoms with Crippen LogP contribution in [0.4, 0.5) is 5.69 Å². The van der Waals surface area contributed by atoms with E-state index in [9.17, 15) is 0 Å². The van der Waals surface area contributed by atoms with Gasteiger partial charge in [-0.2, -0.15) is 4.67 Å².